The smallest absolute Gasteiger partial charge is 0.137 e. The van der Waals surface area contributed by atoms with Gasteiger partial charge in [-0.3, -0.25) is 4.90 Å². The van der Waals surface area contributed by atoms with Crippen molar-refractivity contribution in [2.75, 3.05) is 21.4 Å². The summed E-state index contributed by atoms with van der Waals surface area (Å²) in [4.78, 5) is 11.7. The number of pyridine rings is 1. The van der Waals surface area contributed by atoms with Gasteiger partial charge in [0.05, 0.1) is 22.7 Å². The van der Waals surface area contributed by atoms with Crippen molar-refractivity contribution in [3.05, 3.63) is 169 Å². The zero-order chi connectivity index (χ0) is 38.8. The number of fused-ring (bicyclic) bond motifs is 6. The molecule has 3 heterocycles. The first-order valence-corrected chi connectivity index (χ1v) is 19.2. The maximum Gasteiger partial charge on any atom is 0.137 e. The molecule has 0 amide bonds. The third-order valence-electron chi connectivity index (χ3n) is 10.9. The molecule has 0 N–H and O–H groups in total. The molecule has 1 aromatic heterocycles. The first kappa shape index (κ1) is 35.3. The summed E-state index contributed by atoms with van der Waals surface area (Å²) in [6.45, 7) is 14.0. The molecule has 0 fully saturated rings. The SMILES string of the molecule is CC(C)(C)c1ccc(N2CN(c3cccc(Oc4ccc5c(c4)N(c4cc(C(C)(C)C)ccn4)c4cc(F)ccc4-c4ccccc4-5)c3)c3ccccc32)cc1. The van der Waals surface area contributed by atoms with Gasteiger partial charge in [-0.05, 0) is 112 Å². The molecule has 2 aliphatic heterocycles. The Bertz CT molecular complexity index is 2600. The minimum Gasteiger partial charge on any atom is -0.457 e. The highest BCUT2D eigenvalue weighted by Gasteiger charge is 2.30. The molecule has 0 radical (unpaired) electrons. The zero-order valence-electron chi connectivity index (χ0n) is 32.7. The molecule has 7 aromatic rings. The predicted octanol–water partition coefficient (Wildman–Crippen LogP) is 14.0. The minimum absolute atomic E-state index is 0.0879. The lowest BCUT2D eigenvalue weighted by molar-refractivity contribution is 0.483. The Labute approximate surface area is 329 Å². The zero-order valence-corrected chi connectivity index (χ0v) is 32.7. The molecule has 0 aliphatic carbocycles. The first-order valence-electron chi connectivity index (χ1n) is 19.2. The predicted molar refractivity (Wildman–Crippen MR) is 229 cm³/mol. The van der Waals surface area contributed by atoms with E-state index < -0.39 is 0 Å². The second kappa shape index (κ2) is 13.4. The Kier molecular flexibility index (Phi) is 8.46. The Morgan fingerprint density at radius 3 is 1.79 bits per heavy atom. The highest BCUT2D eigenvalue weighted by molar-refractivity contribution is 6.02. The lowest BCUT2D eigenvalue weighted by atomic mass is 9.87. The van der Waals surface area contributed by atoms with Gasteiger partial charge >= 0.3 is 0 Å². The molecule has 0 bridgehead atoms. The van der Waals surface area contributed by atoms with Gasteiger partial charge in [0, 0.05) is 40.8 Å². The number of ether oxygens (including phenoxy) is 1. The van der Waals surface area contributed by atoms with Gasteiger partial charge in [-0.2, -0.15) is 0 Å². The van der Waals surface area contributed by atoms with Gasteiger partial charge in [0.25, 0.3) is 0 Å². The Morgan fingerprint density at radius 2 is 1.11 bits per heavy atom. The van der Waals surface area contributed by atoms with Crippen LogP contribution in [0.4, 0.5) is 44.3 Å². The molecule has 6 heteroatoms. The maximum atomic E-state index is 15.3. The van der Waals surface area contributed by atoms with Gasteiger partial charge < -0.3 is 14.5 Å². The van der Waals surface area contributed by atoms with Crippen LogP contribution < -0.4 is 19.4 Å². The summed E-state index contributed by atoms with van der Waals surface area (Å²) in [7, 11) is 0. The van der Waals surface area contributed by atoms with Crippen molar-refractivity contribution in [2.45, 2.75) is 52.4 Å². The summed E-state index contributed by atoms with van der Waals surface area (Å²) >= 11 is 0. The molecular weight excluding hydrogens is 692 g/mol. The Balaban J connectivity index is 1.10. The van der Waals surface area contributed by atoms with Crippen molar-refractivity contribution >= 4 is 39.9 Å². The van der Waals surface area contributed by atoms with Crippen molar-refractivity contribution in [1.29, 1.82) is 0 Å². The topological polar surface area (TPSA) is 31.8 Å². The molecular formula is C50H45FN4O. The lowest BCUT2D eigenvalue weighted by Crippen LogP contribution is -2.24. The van der Waals surface area contributed by atoms with Gasteiger partial charge in [0.1, 0.15) is 29.8 Å². The molecule has 0 unspecified atom stereocenters. The molecule has 56 heavy (non-hydrogen) atoms. The number of para-hydroxylation sites is 2. The molecule has 9 rings (SSSR count). The van der Waals surface area contributed by atoms with Crippen LogP contribution in [0.2, 0.25) is 0 Å². The van der Waals surface area contributed by atoms with E-state index in [1.807, 2.05) is 36.5 Å². The van der Waals surface area contributed by atoms with E-state index in [1.165, 1.54) is 11.6 Å². The molecule has 2 aliphatic rings. The van der Waals surface area contributed by atoms with E-state index in [0.717, 1.165) is 61.9 Å². The van der Waals surface area contributed by atoms with Crippen molar-refractivity contribution in [1.82, 2.24) is 4.98 Å². The fraction of sp³-hybridized carbons (Fsp3) is 0.180. The van der Waals surface area contributed by atoms with Crippen LogP contribution in [0.25, 0.3) is 22.3 Å². The molecule has 0 atom stereocenters. The summed E-state index contributed by atoms with van der Waals surface area (Å²) in [6, 6.07) is 49.4. The maximum absolute atomic E-state index is 15.3. The average Bonchev–Trinajstić information content (AvgIpc) is 3.53. The molecule has 6 aromatic carbocycles. The number of halogens is 1. The Hall–Kier alpha value is -6.40. The van der Waals surface area contributed by atoms with Crippen LogP contribution >= 0.6 is 0 Å². The summed E-state index contributed by atoms with van der Waals surface area (Å²) in [6.07, 6.45) is 1.84. The van der Waals surface area contributed by atoms with Crippen molar-refractivity contribution in [3.8, 4) is 33.8 Å². The highest BCUT2D eigenvalue weighted by atomic mass is 19.1. The second-order valence-electron chi connectivity index (χ2n) is 16.8. The van der Waals surface area contributed by atoms with Crippen LogP contribution in [0.3, 0.4) is 0 Å². The number of anilines is 7. The second-order valence-corrected chi connectivity index (χ2v) is 16.8. The van der Waals surface area contributed by atoms with E-state index in [0.29, 0.717) is 24.0 Å². The highest BCUT2D eigenvalue weighted by Crippen LogP contribution is 2.52. The van der Waals surface area contributed by atoms with Crippen LogP contribution in [-0.2, 0) is 10.8 Å². The number of hydrogen-bond donors (Lipinski definition) is 0. The van der Waals surface area contributed by atoms with Crippen LogP contribution in [0, 0.1) is 5.82 Å². The van der Waals surface area contributed by atoms with E-state index in [1.54, 1.807) is 6.07 Å². The van der Waals surface area contributed by atoms with Crippen LogP contribution in [-0.4, -0.2) is 11.7 Å². The largest absolute Gasteiger partial charge is 0.457 e. The van der Waals surface area contributed by atoms with E-state index >= 15 is 4.39 Å². The third-order valence-corrected chi connectivity index (χ3v) is 10.9. The van der Waals surface area contributed by atoms with Gasteiger partial charge in [-0.25, -0.2) is 9.37 Å². The minimum atomic E-state index is -0.310. The summed E-state index contributed by atoms with van der Waals surface area (Å²) in [5.41, 5.74) is 12.5. The fourth-order valence-electron chi connectivity index (χ4n) is 7.89. The standard InChI is InChI=1S/C50H45FN4O/c1-49(2,3)33-18-21-36(22-19-33)53-32-54(45-17-10-9-16-44(45)53)37-12-11-13-38(30-37)56-39-23-25-43-41-15-8-7-14-40(41)42-24-20-35(51)29-46(42)55(47(43)31-39)48-28-34(26-27-52-48)50(4,5)6/h7-31H,32H2,1-6H3. The first-order chi connectivity index (χ1) is 26.9. The van der Waals surface area contributed by atoms with Gasteiger partial charge in [0.15, 0.2) is 0 Å². The van der Waals surface area contributed by atoms with Crippen LogP contribution in [0.15, 0.2) is 152 Å². The summed E-state index contributed by atoms with van der Waals surface area (Å²) < 4.78 is 22.0. The van der Waals surface area contributed by atoms with Crippen LogP contribution in [0.5, 0.6) is 11.5 Å². The fourth-order valence-corrected chi connectivity index (χ4v) is 7.89. The van der Waals surface area contributed by atoms with Crippen molar-refractivity contribution in [3.63, 3.8) is 0 Å². The number of rotatable bonds is 5. The summed E-state index contributed by atoms with van der Waals surface area (Å²) in [5, 5.41) is 0. The molecule has 0 spiro atoms. The quantitative estimate of drug-likeness (QED) is 0.176. The molecule has 0 saturated heterocycles. The molecule has 5 nitrogen and oxygen atoms in total. The molecule has 278 valence electrons. The third kappa shape index (κ3) is 6.35. The number of benzene rings is 6. The van der Waals surface area contributed by atoms with E-state index in [2.05, 4.69) is 159 Å². The lowest BCUT2D eigenvalue weighted by Gasteiger charge is -2.28. The van der Waals surface area contributed by atoms with Crippen molar-refractivity contribution in [2.24, 2.45) is 0 Å². The average molecular weight is 737 g/mol. The Morgan fingerprint density at radius 1 is 0.500 bits per heavy atom. The molecule has 0 saturated carbocycles. The van der Waals surface area contributed by atoms with Gasteiger partial charge in [0.2, 0.25) is 0 Å². The van der Waals surface area contributed by atoms with E-state index in [4.69, 9.17) is 9.72 Å². The monoisotopic (exact) mass is 736 g/mol. The van der Waals surface area contributed by atoms with Crippen molar-refractivity contribution < 1.29 is 9.13 Å². The van der Waals surface area contributed by atoms with E-state index in [-0.39, 0.29) is 16.6 Å². The number of hydrogen-bond acceptors (Lipinski definition) is 5. The number of aromatic nitrogens is 1. The van der Waals surface area contributed by atoms with Crippen LogP contribution in [0.1, 0.15) is 52.7 Å². The summed E-state index contributed by atoms with van der Waals surface area (Å²) in [5.74, 6) is 1.78. The van der Waals surface area contributed by atoms with Gasteiger partial charge in [-0.1, -0.05) is 96.1 Å². The van der Waals surface area contributed by atoms with E-state index in [9.17, 15) is 0 Å². The normalized spacial score (nSPS) is 13.4. The number of nitrogens with zero attached hydrogens (tertiary/aromatic N) is 4. The van der Waals surface area contributed by atoms with Gasteiger partial charge in [-0.15, -0.1) is 0 Å².